The summed E-state index contributed by atoms with van der Waals surface area (Å²) in [6.07, 6.45) is 1.43. The second-order valence-electron chi connectivity index (χ2n) is 4.97. The van der Waals surface area contributed by atoms with Crippen LogP contribution in [0.5, 0.6) is 5.88 Å². The quantitative estimate of drug-likeness (QED) is 0.686. The van der Waals surface area contributed by atoms with E-state index in [1.165, 1.54) is 18.1 Å². The molecule has 0 atom stereocenters. The van der Waals surface area contributed by atoms with Gasteiger partial charge < -0.3 is 10.5 Å². The fourth-order valence-corrected chi connectivity index (χ4v) is 2.47. The molecule has 21 heavy (non-hydrogen) atoms. The van der Waals surface area contributed by atoms with Crippen molar-refractivity contribution in [3.05, 3.63) is 23.3 Å². The summed E-state index contributed by atoms with van der Waals surface area (Å²) in [5.74, 6) is 0.392. The Morgan fingerprint density at radius 3 is 2.29 bits per heavy atom. The lowest BCUT2D eigenvalue weighted by atomic mass is 10.2. The first-order valence-electron chi connectivity index (χ1n) is 6.65. The summed E-state index contributed by atoms with van der Waals surface area (Å²) in [6, 6.07) is 0. The zero-order chi connectivity index (χ0) is 15.6. The van der Waals surface area contributed by atoms with Crippen molar-refractivity contribution in [2.45, 2.75) is 50.9 Å². The number of aromatic nitrogens is 4. The van der Waals surface area contributed by atoms with Crippen LogP contribution >= 0.6 is 11.8 Å². The number of rotatable bonds is 4. The second kappa shape index (κ2) is 6.26. The predicted molar refractivity (Wildman–Crippen MR) is 82.6 cm³/mol. The van der Waals surface area contributed by atoms with Crippen molar-refractivity contribution in [3.63, 3.8) is 0 Å². The first-order valence-corrected chi connectivity index (χ1v) is 7.47. The van der Waals surface area contributed by atoms with Crippen LogP contribution < -0.4 is 10.5 Å². The molecule has 0 aliphatic heterocycles. The molecule has 112 valence electrons. The number of nitrogen functional groups attached to an aromatic ring is 1. The summed E-state index contributed by atoms with van der Waals surface area (Å²) in [7, 11) is 0. The average Bonchev–Trinajstić information content (AvgIpc) is 2.40. The lowest BCUT2D eigenvalue weighted by molar-refractivity contribution is 0.233. The number of ether oxygens (including phenoxy) is 1. The number of anilines is 1. The number of aryl methyl sites for hydroxylation is 2. The Morgan fingerprint density at radius 1 is 1.10 bits per heavy atom. The van der Waals surface area contributed by atoms with Crippen LogP contribution in [0.15, 0.2) is 16.5 Å². The molecule has 2 aromatic heterocycles. The van der Waals surface area contributed by atoms with Gasteiger partial charge in [-0.25, -0.2) is 15.0 Å². The first kappa shape index (κ1) is 15.5. The van der Waals surface area contributed by atoms with Gasteiger partial charge in [-0.3, -0.25) is 0 Å². The van der Waals surface area contributed by atoms with Crippen LogP contribution in [-0.2, 0) is 0 Å². The normalized spacial score (nSPS) is 11.0. The van der Waals surface area contributed by atoms with E-state index >= 15 is 0 Å². The SMILES string of the molecule is Cc1nc(Sc2ncnc(OC(C)C)c2N)nc(C)c1C. The Morgan fingerprint density at radius 2 is 1.71 bits per heavy atom. The van der Waals surface area contributed by atoms with Crippen molar-refractivity contribution < 1.29 is 4.74 Å². The van der Waals surface area contributed by atoms with E-state index in [2.05, 4.69) is 19.9 Å². The highest BCUT2D eigenvalue weighted by Gasteiger charge is 2.14. The number of nitrogens with two attached hydrogens (primary N) is 1. The van der Waals surface area contributed by atoms with Gasteiger partial charge in [0, 0.05) is 11.4 Å². The van der Waals surface area contributed by atoms with Gasteiger partial charge in [0.05, 0.1) is 6.10 Å². The number of nitrogens with zero attached hydrogens (tertiary/aromatic N) is 4. The molecule has 0 saturated carbocycles. The van der Waals surface area contributed by atoms with Gasteiger partial charge in [0.25, 0.3) is 0 Å². The van der Waals surface area contributed by atoms with Gasteiger partial charge in [0.2, 0.25) is 5.88 Å². The molecule has 2 aromatic rings. The van der Waals surface area contributed by atoms with Crippen LogP contribution in [0.4, 0.5) is 5.69 Å². The van der Waals surface area contributed by atoms with Crippen LogP contribution in [0.25, 0.3) is 0 Å². The van der Waals surface area contributed by atoms with Crippen LogP contribution in [0, 0.1) is 20.8 Å². The Balaban J connectivity index is 2.32. The molecular weight excluding hydrogens is 286 g/mol. The Bertz CT molecular complexity index is 637. The molecule has 2 N–H and O–H groups in total. The molecule has 7 heteroatoms. The van der Waals surface area contributed by atoms with Gasteiger partial charge in [-0.05, 0) is 51.9 Å². The van der Waals surface area contributed by atoms with Crippen molar-refractivity contribution in [2.24, 2.45) is 0 Å². The molecule has 0 aromatic carbocycles. The Hall–Kier alpha value is -1.89. The first-order chi connectivity index (χ1) is 9.88. The Kier molecular flexibility index (Phi) is 4.62. The molecule has 0 saturated heterocycles. The van der Waals surface area contributed by atoms with Crippen LogP contribution in [0.1, 0.15) is 30.8 Å². The molecule has 0 radical (unpaired) electrons. The Labute approximate surface area is 128 Å². The van der Waals surface area contributed by atoms with Gasteiger partial charge in [-0.2, -0.15) is 4.98 Å². The third-order valence-corrected chi connectivity index (χ3v) is 3.84. The maximum atomic E-state index is 6.06. The van der Waals surface area contributed by atoms with E-state index in [0.717, 1.165) is 17.0 Å². The van der Waals surface area contributed by atoms with Gasteiger partial charge in [0.15, 0.2) is 5.16 Å². The number of hydrogen-bond acceptors (Lipinski definition) is 7. The van der Waals surface area contributed by atoms with E-state index in [1.807, 2.05) is 34.6 Å². The van der Waals surface area contributed by atoms with Crippen molar-refractivity contribution in [2.75, 3.05) is 5.73 Å². The van der Waals surface area contributed by atoms with Crippen LogP contribution in [-0.4, -0.2) is 26.0 Å². The second-order valence-corrected chi connectivity index (χ2v) is 5.92. The molecule has 2 rings (SSSR count). The minimum Gasteiger partial charge on any atom is -0.473 e. The molecule has 0 fully saturated rings. The molecule has 6 nitrogen and oxygen atoms in total. The third kappa shape index (κ3) is 3.60. The fraction of sp³-hybridized carbons (Fsp3) is 0.429. The van der Waals surface area contributed by atoms with E-state index in [-0.39, 0.29) is 6.10 Å². The van der Waals surface area contributed by atoms with Crippen molar-refractivity contribution in [3.8, 4) is 5.88 Å². The topological polar surface area (TPSA) is 86.8 Å². The summed E-state index contributed by atoms with van der Waals surface area (Å²) in [5, 5.41) is 1.22. The van der Waals surface area contributed by atoms with Gasteiger partial charge in [-0.1, -0.05) is 0 Å². The maximum Gasteiger partial charge on any atom is 0.241 e. The zero-order valence-electron chi connectivity index (χ0n) is 12.8. The minimum atomic E-state index is 0.000152. The zero-order valence-corrected chi connectivity index (χ0v) is 13.7. The van der Waals surface area contributed by atoms with Crippen molar-refractivity contribution in [1.29, 1.82) is 0 Å². The molecule has 0 unspecified atom stereocenters. The fourth-order valence-electron chi connectivity index (χ4n) is 1.64. The third-order valence-electron chi connectivity index (χ3n) is 2.96. The lowest BCUT2D eigenvalue weighted by Crippen LogP contribution is -2.10. The monoisotopic (exact) mass is 305 g/mol. The highest BCUT2D eigenvalue weighted by molar-refractivity contribution is 7.99. The van der Waals surface area contributed by atoms with Gasteiger partial charge in [0.1, 0.15) is 17.0 Å². The maximum absolute atomic E-state index is 6.06. The lowest BCUT2D eigenvalue weighted by Gasteiger charge is -2.12. The molecular formula is C14H19N5OS. The van der Waals surface area contributed by atoms with E-state index < -0.39 is 0 Å². The highest BCUT2D eigenvalue weighted by Crippen LogP contribution is 2.33. The van der Waals surface area contributed by atoms with E-state index in [0.29, 0.717) is 21.7 Å². The van der Waals surface area contributed by atoms with Gasteiger partial charge >= 0.3 is 0 Å². The summed E-state index contributed by atoms with van der Waals surface area (Å²) < 4.78 is 5.56. The molecule has 0 aliphatic carbocycles. The van der Waals surface area contributed by atoms with Crippen LogP contribution in [0.3, 0.4) is 0 Å². The van der Waals surface area contributed by atoms with Crippen LogP contribution in [0.2, 0.25) is 0 Å². The summed E-state index contributed by atoms with van der Waals surface area (Å²) in [6.45, 7) is 9.77. The molecule has 0 spiro atoms. The molecule has 0 aliphatic rings. The predicted octanol–water partition coefficient (Wildman–Crippen LogP) is 2.71. The van der Waals surface area contributed by atoms with Crippen molar-refractivity contribution in [1.82, 2.24) is 19.9 Å². The van der Waals surface area contributed by atoms with E-state index in [9.17, 15) is 0 Å². The minimum absolute atomic E-state index is 0.000152. The van der Waals surface area contributed by atoms with Gasteiger partial charge in [-0.15, -0.1) is 0 Å². The molecule has 0 amide bonds. The smallest absolute Gasteiger partial charge is 0.241 e. The average molecular weight is 305 g/mol. The van der Waals surface area contributed by atoms with E-state index in [4.69, 9.17) is 10.5 Å². The molecule has 2 heterocycles. The van der Waals surface area contributed by atoms with E-state index in [1.54, 1.807) is 0 Å². The van der Waals surface area contributed by atoms with Crippen molar-refractivity contribution >= 4 is 17.4 Å². The largest absolute Gasteiger partial charge is 0.473 e. The molecule has 0 bridgehead atoms. The summed E-state index contributed by atoms with van der Waals surface area (Å²) in [5.41, 5.74) is 9.48. The summed E-state index contributed by atoms with van der Waals surface area (Å²) >= 11 is 1.31. The highest BCUT2D eigenvalue weighted by atomic mass is 32.2. The summed E-state index contributed by atoms with van der Waals surface area (Å²) in [4.78, 5) is 17.2. The number of hydrogen-bond donors (Lipinski definition) is 1. The standard InChI is InChI=1S/C14H19N5OS/c1-7(2)20-12-11(15)13(17-6-16-12)21-14-18-9(4)8(3)10(5)19-14/h6-7H,15H2,1-5H3.